The summed E-state index contributed by atoms with van der Waals surface area (Å²) in [5.41, 5.74) is 2.23. The smallest absolute Gasteiger partial charge is 0.192 e. The van der Waals surface area contributed by atoms with Gasteiger partial charge in [0.05, 0.1) is 12.7 Å². The highest BCUT2D eigenvalue weighted by Gasteiger charge is 2.39. The van der Waals surface area contributed by atoms with Crippen LogP contribution in [0.4, 0.5) is 0 Å². The van der Waals surface area contributed by atoms with Crippen LogP contribution >= 0.6 is 0 Å². The molecule has 3 heteroatoms. The maximum Gasteiger partial charge on any atom is 0.192 e. The van der Waals surface area contributed by atoms with Crippen LogP contribution in [0.3, 0.4) is 0 Å². The Labute approximate surface area is 96.0 Å². The zero-order chi connectivity index (χ0) is 11.6. The molecule has 0 bridgehead atoms. The van der Waals surface area contributed by atoms with Crippen LogP contribution in [0.25, 0.3) is 0 Å². The topological polar surface area (TPSA) is 38.7 Å². The van der Waals surface area contributed by atoms with Crippen LogP contribution in [0.15, 0.2) is 24.3 Å². The van der Waals surface area contributed by atoms with Crippen LogP contribution in [0, 0.1) is 6.92 Å². The van der Waals surface area contributed by atoms with Gasteiger partial charge in [-0.25, -0.2) is 0 Å². The van der Waals surface area contributed by atoms with Gasteiger partial charge in [0, 0.05) is 12.2 Å². The van der Waals surface area contributed by atoms with E-state index < -0.39 is 5.79 Å². The highest BCUT2D eigenvalue weighted by Crippen LogP contribution is 2.36. The van der Waals surface area contributed by atoms with Crippen molar-refractivity contribution < 1.29 is 14.6 Å². The van der Waals surface area contributed by atoms with Crippen LogP contribution in [0.5, 0.6) is 0 Å². The molecule has 1 N–H and O–H groups in total. The molecule has 88 valence electrons. The molecule has 0 radical (unpaired) electrons. The lowest BCUT2D eigenvalue weighted by Gasteiger charge is -2.25. The highest BCUT2D eigenvalue weighted by atomic mass is 16.7. The van der Waals surface area contributed by atoms with Gasteiger partial charge in [0.1, 0.15) is 0 Å². The van der Waals surface area contributed by atoms with E-state index in [2.05, 4.69) is 0 Å². The maximum atomic E-state index is 8.89. The lowest BCUT2D eigenvalue weighted by Crippen LogP contribution is -2.25. The van der Waals surface area contributed by atoms with E-state index in [0.29, 0.717) is 13.0 Å². The summed E-state index contributed by atoms with van der Waals surface area (Å²) in [4.78, 5) is 0. The molecule has 2 atom stereocenters. The first-order chi connectivity index (χ1) is 7.65. The summed E-state index contributed by atoms with van der Waals surface area (Å²) in [6, 6.07) is 8.06. The predicted octanol–water partition coefficient (Wildman–Crippen LogP) is 1.97. The lowest BCUT2D eigenvalue weighted by molar-refractivity contribution is -0.163. The van der Waals surface area contributed by atoms with Crippen LogP contribution in [-0.2, 0) is 15.3 Å². The van der Waals surface area contributed by atoms with Crippen molar-refractivity contribution >= 4 is 0 Å². The Morgan fingerprint density at radius 1 is 1.44 bits per heavy atom. The molecule has 1 saturated heterocycles. The summed E-state index contributed by atoms with van der Waals surface area (Å²) in [5.74, 6) is -0.662. The number of rotatable bonds is 3. The minimum Gasteiger partial charge on any atom is -0.396 e. The molecule has 1 aliphatic heterocycles. The fraction of sp³-hybridized carbons (Fsp3) is 0.538. The van der Waals surface area contributed by atoms with Gasteiger partial charge in [0.2, 0.25) is 0 Å². The van der Waals surface area contributed by atoms with E-state index in [9.17, 15) is 0 Å². The van der Waals surface area contributed by atoms with E-state index in [4.69, 9.17) is 14.6 Å². The zero-order valence-corrected chi connectivity index (χ0v) is 9.77. The van der Waals surface area contributed by atoms with Crippen molar-refractivity contribution in [3.8, 4) is 0 Å². The third-order valence-corrected chi connectivity index (χ3v) is 3.02. The molecule has 0 saturated carbocycles. The maximum absolute atomic E-state index is 8.89. The molecule has 16 heavy (non-hydrogen) atoms. The average Bonchev–Trinajstić information content (AvgIpc) is 2.62. The minimum atomic E-state index is -0.662. The molecule has 0 aromatic heterocycles. The first kappa shape index (κ1) is 11.6. The molecule has 1 fully saturated rings. The number of aryl methyl sites for hydroxylation is 1. The van der Waals surface area contributed by atoms with Crippen LogP contribution < -0.4 is 0 Å². The number of hydrogen-bond donors (Lipinski definition) is 1. The predicted molar refractivity (Wildman–Crippen MR) is 61.1 cm³/mol. The Kier molecular flexibility index (Phi) is 3.28. The molecule has 0 spiro atoms. The van der Waals surface area contributed by atoms with Gasteiger partial charge in [0.25, 0.3) is 0 Å². The standard InChI is InChI=1S/C13H18O3/c1-10-5-3-4-6-12(10)13(2)15-9-11(16-13)7-8-14/h3-6,11,14H,7-9H2,1-2H3. The largest absolute Gasteiger partial charge is 0.396 e. The number of benzene rings is 1. The second-order valence-corrected chi connectivity index (χ2v) is 4.32. The summed E-state index contributed by atoms with van der Waals surface area (Å²) in [6.45, 7) is 4.67. The van der Waals surface area contributed by atoms with Gasteiger partial charge in [-0.3, -0.25) is 0 Å². The second-order valence-electron chi connectivity index (χ2n) is 4.32. The highest BCUT2D eigenvalue weighted by molar-refractivity contribution is 5.29. The summed E-state index contributed by atoms with van der Waals surface area (Å²) < 4.78 is 11.6. The Bertz CT molecular complexity index is 364. The van der Waals surface area contributed by atoms with Crippen molar-refractivity contribution in [2.24, 2.45) is 0 Å². The van der Waals surface area contributed by atoms with E-state index in [1.807, 2.05) is 38.1 Å². The van der Waals surface area contributed by atoms with E-state index in [1.165, 1.54) is 0 Å². The van der Waals surface area contributed by atoms with E-state index >= 15 is 0 Å². The van der Waals surface area contributed by atoms with Gasteiger partial charge in [-0.15, -0.1) is 0 Å². The summed E-state index contributed by atoms with van der Waals surface area (Å²) >= 11 is 0. The van der Waals surface area contributed by atoms with E-state index in [1.54, 1.807) is 0 Å². The normalized spacial score (nSPS) is 29.6. The molecule has 1 heterocycles. The van der Waals surface area contributed by atoms with Crippen molar-refractivity contribution in [3.05, 3.63) is 35.4 Å². The Morgan fingerprint density at radius 3 is 2.88 bits per heavy atom. The molecular formula is C13H18O3. The quantitative estimate of drug-likeness (QED) is 0.849. The summed E-state index contributed by atoms with van der Waals surface area (Å²) in [5, 5.41) is 8.89. The molecule has 2 unspecified atom stereocenters. The second kappa shape index (κ2) is 4.53. The van der Waals surface area contributed by atoms with Gasteiger partial charge in [0.15, 0.2) is 5.79 Å². The van der Waals surface area contributed by atoms with E-state index in [0.717, 1.165) is 11.1 Å². The molecular weight excluding hydrogens is 204 g/mol. The van der Waals surface area contributed by atoms with Crippen LogP contribution in [-0.4, -0.2) is 24.4 Å². The third kappa shape index (κ3) is 2.12. The van der Waals surface area contributed by atoms with Crippen molar-refractivity contribution in [1.29, 1.82) is 0 Å². The van der Waals surface area contributed by atoms with Gasteiger partial charge in [-0.1, -0.05) is 24.3 Å². The Hall–Kier alpha value is -0.900. The van der Waals surface area contributed by atoms with Crippen molar-refractivity contribution in [2.45, 2.75) is 32.2 Å². The fourth-order valence-corrected chi connectivity index (χ4v) is 2.15. The minimum absolute atomic E-state index is 0.00499. The average molecular weight is 222 g/mol. The number of aliphatic hydroxyl groups is 1. The zero-order valence-electron chi connectivity index (χ0n) is 9.77. The lowest BCUT2D eigenvalue weighted by atomic mass is 10.0. The molecule has 0 amide bonds. The SMILES string of the molecule is Cc1ccccc1C1(C)OCC(CCO)O1. The fourth-order valence-electron chi connectivity index (χ4n) is 2.15. The molecule has 1 aromatic rings. The Balaban J connectivity index is 2.18. The monoisotopic (exact) mass is 222 g/mol. The summed E-state index contributed by atoms with van der Waals surface area (Å²) in [6.07, 6.45) is 0.621. The van der Waals surface area contributed by atoms with Gasteiger partial charge < -0.3 is 14.6 Å². The van der Waals surface area contributed by atoms with E-state index in [-0.39, 0.29) is 12.7 Å². The Morgan fingerprint density at radius 2 is 2.19 bits per heavy atom. The van der Waals surface area contributed by atoms with Crippen molar-refractivity contribution in [2.75, 3.05) is 13.2 Å². The summed E-state index contributed by atoms with van der Waals surface area (Å²) in [7, 11) is 0. The molecule has 1 aliphatic rings. The van der Waals surface area contributed by atoms with Crippen LogP contribution in [0.1, 0.15) is 24.5 Å². The number of hydrogen-bond acceptors (Lipinski definition) is 3. The molecule has 3 nitrogen and oxygen atoms in total. The molecule has 1 aromatic carbocycles. The molecule has 0 aliphatic carbocycles. The van der Waals surface area contributed by atoms with Crippen molar-refractivity contribution in [1.82, 2.24) is 0 Å². The number of aliphatic hydroxyl groups excluding tert-OH is 1. The number of ether oxygens (including phenoxy) is 2. The van der Waals surface area contributed by atoms with Gasteiger partial charge in [-0.2, -0.15) is 0 Å². The first-order valence-electron chi connectivity index (χ1n) is 5.64. The van der Waals surface area contributed by atoms with Gasteiger partial charge >= 0.3 is 0 Å². The first-order valence-corrected chi connectivity index (χ1v) is 5.64. The molecule has 2 rings (SSSR count). The van der Waals surface area contributed by atoms with Gasteiger partial charge in [-0.05, 0) is 25.8 Å². The van der Waals surface area contributed by atoms with Crippen LogP contribution in [0.2, 0.25) is 0 Å². The third-order valence-electron chi connectivity index (χ3n) is 3.02. The van der Waals surface area contributed by atoms with Crippen molar-refractivity contribution in [3.63, 3.8) is 0 Å².